The van der Waals surface area contributed by atoms with Crippen molar-refractivity contribution in [1.82, 2.24) is 10.2 Å². The number of thioether (sulfide) groups is 1. The molecule has 1 aliphatic carbocycles. The SMILES string of the molecule is Nc1nnc(SC2CCC(=O)CC2)s1. The molecule has 6 heteroatoms. The van der Waals surface area contributed by atoms with E-state index in [1.165, 1.54) is 11.3 Å². The van der Waals surface area contributed by atoms with Gasteiger partial charge in [-0.25, -0.2) is 0 Å². The van der Waals surface area contributed by atoms with Gasteiger partial charge in [-0.1, -0.05) is 23.1 Å². The number of hydrogen-bond acceptors (Lipinski definition) is 6. The number of Topliss-reactive ketones (excluding diaryl/α,β-unsaturated/α-hetero) is 1. The predicted molar refractivity (Wildman–Crippen MR) is 57.4 cm³/mol. The lowest BCUT2D eigenvalue weighted by molar-refractivity contribution is -0.120. The van der Waals surface area contributed by atoms with Gasteiger partial charge in [0.2, 0.25) is 5.13 Å². The quantitative estimate of drug-likeness (QED) is 0.836. The first-order valence-corrected chi connectivity index (χ1v) is 6.21. The number of ketones is 1. The van der Waals surface area contributed by atoms with E-state index in [0.717, 1.165) is 17.2 Å². The molecule has 0 spiro atoms. The maximum atomic E-state index is 11.0. The maximum Gasteiger partial charge on any atom is 0.203 e. The number of rotatable bonds is 2. The monoisotopic (exact) mass is 229 g/mol. The van der Waals surface area contributed by atoms with E-state index in [9.17, 15) is 4.79 Å². The Morgan fingerprint density at radius 2 is 2.07 bits per heavy atom. The van der Waals surface area contributed by atoms with Crippen molar-refractivity contribution >= 4 is 34.0 Å². The minimum absolute atomic E-state index is 0.388. The summed E-state index contributed by atoms with van der Waals surface area (Å²) in [6.45, 7) is 0. The molecule has 76 valence electrons. The molecule has 0 aliphatic heterocycles. The lowest BCUT2D eigenvalue weighted by Crippen LogP contribution is -2.15. The summed E-state index contributed by atoms with van der Waals surface area (Å²) in [6.07, 6.45) is 3.35. The van der Waals surface area contributed by atoms with Crippen LogP contribution in [0.3, 0.4) is 0 Å². The molecule has 4 nitrogen and oxygen atoms in total. The Kier molecular flexibility index (Phi) is 3.02. The number of hydrogen-bond donors (Lipinski definition) is 1. The Bertz CT molecular complexity index is 329. The summed E-state index contributed by atoms with van der Waals surface area (Å²) < 4.78 is 0.918. The summed E-state index contributed by atoms with van der Waals surface area (Å²) >= 11 is 3.12. The second-order valence-electron chi connectivity index (χ2n) is 3.26. The molecular weight excluding hydrogens is 218 g/mol. The van der Waals surface area contributed by atoms with Gasteiger partial charge in [-0.3, -0.25) is 4.79 Å². The summed E-state index contributed by atoms with van der Waals surface area (Å²) in [6, 6.07) is 0. The van der Waals surface area contributed by atoms with Crippen molar-refractivity contribution < 1.29 is 4.79 Å². The fourth-order valence-corrected chi connectivity index (χ4v) is 3.49. The number of nitrogens with zero attached hydrogens (tertiary/aromatic N) is 2. The van der Waals surface area contributed by atoms with Crippen LogP contribution in [0.2, 0.25) is 0 Å². The van der Waals surface area contributed by atoms with Gasteiger partial charge in [-0.05, 0) is 12.8 Å². The van der Waals surface area contributed by atoms with Crippen LogP contribution in [-0.2, 0) is 4.79 Å². The fraction of sp³-hybridized carbons (Fsp3) is 0.625. The Balaban J connectivity index is 1.89. The van der Waals surface area contributed by atoms with Crippen LogP contribution in [0.5, 0.6) is 0 Å². The van der Waals surface area contributed by atoms with Gasteiger partial charge in [0, 0.05) is 18.1 Å². The normalized spacial score (nSPS) is 18.7. The predicted octanol–water partition coefficient (Wildman–Crippen LogP) is 1.72. The van der Waals surface area contributed by atoms with Gasteiger partial charge in [-0.15, -0.1) is 10.2 Å². The molecule has 2 N–H and O–H groups in total. The number of aromatic nitrogens is 2. The van der Waals surface area contributed by atoms with Crippen molar-refractivity contribution in [3.8, 4) is 0 Å². The average molecular weight is 229 g/mol. The Morgan fingerprint density at radius 1 is 1.36 bits per heavy atom. The van der Waals surface area contributed by atoms with Crippen LogP contribution in [0.25, 0.3) is 0 Å². The zero-order chi connectivity index (χ0) is 9.97. The molecule has 0 bridgehead atoms. The van der Waals surface area contributed by atoms with Gasteiger partial charge in [0.25, 0.3) is 0 Å². The van der Waals surface area contributed by atoms with Crippen molar-refractivity contribution in [2.75, 3.05) is 5.73 Å². The lowest BCUT2D eigenvalue weighted by atomic mass is 9.99. The number of nitrogen functional groups attached to an aromatic ring is 1. The average Bonchev–Trinajstić information content (AvgIpc) is 2.56. The molecule has 0 unspecified atom stereocenters. The molecule has 0 amide bonds. The van der Waals surface area contributed by atoms with Gasteiger partial charge in [0.15, 0.2) is 4.34 Å². The zero-order valence-corrected chi connectivity index (χ0v) is 9.24. The van der Waals surface area contributed by atoms with E-state index in [0.29, 0.717) is 29.0 Å². The molecule has 0 radical (unpaired) electrons. The van der Waals surface area contributed by atoms with E-state index in [1.807, 2.05) is 0 Å². The van der Waals surface area contributed by atoms with Crippen LogP contribution in [0, 0.1) is 0 Å². The van der Waals surface area contributed by atoms with E-state index >= 15 is 0 Å². The third-order valence-electron chi connectivity index (χ3n) is 2.18. The van der Waals surface area contributed by atoms with Crippen molar-refractivity contribution in [2.24, 2.45) is 0 Å². The molecule has 0 saturated heterocycles. The maximum absolute atomic E-state index is 11.0. The first kappa shape index (κ1) is 9.92. The summed E-state index contributed by atoms with van der Waals surface area (Å²) in [5.74, 6) is 0.388. The second kappa shape index (κ2) is 4.27. The fourth-order valence-electron chi connectivity index (χ4n) is 1.44. The zero-order valence-electron chi connectivity index (χ0n) is 7.60. The van der Waals surface area contributed by atoms with E-state index in [2.05, 4.69) is 10.2 Å². The van der Waals surface area contributed by atoms with Crippen molar-refractivity contribution in [3.63, 3.8) is 0 Å². The molecule has 1 aliphatic rings. The summed E-state index contributed by atoms with van der Waals surface area (Å²) in [7, 11) is 0. The summed E-state index contributed by atoms with van der Waals surface area (Å²) in [5.41, 5.74) is 5.48. The van der Waals surface area contributed by atoms with Crippen LogP contribution in [0.15, 0.2) is 4.34 Å². The van der Waals surface area contributed by atoms with Gasteiger partial charge in [-0.2, -0.15) is 0 Å². The molecule has 1 aromatic rings. The van der Waals surface area contributed by atoms with E-state index in [4.69, 9.17) is 5.73 Å². The van der Waals surface area contributed by atoms with Crippen LogP contribution >= 0.6 is 23.1 Å². The van der Waals surface area contributed by atoms with E-state index in [-0.39, 0.29) is 0 Å². The van der Waals surface area contributed by atoms with E-state index < -0.39 is 0 Å². The number of carbonyl (C=O) groups is 1. The van der Waals surface area contributed by atoms with Gasteiger partial charge < -0.3 is 5.73 Å². The minimum Gasteiger partial charge on any atom is -0.374 e. The second-order valence-corrected chi connectivity index (χ2v) is 5.82. The molecular formula is C8H11N3OS2. The highest BCUT2D eigenvalue weighted by Crippen LogP contribution is 2.34. The van der Waals surface area contributed by atoms with Crippen LogP contribution in [0.4, 0.5) is 5.13 Å². The highest BCUT2D eigenvalue weighted by molar-refractivity contribution is 8.01. The van der Waals surface area contributed by atoms with Gasteiger partial charge in [0.1, 0.15) is 5.78 Å². The molecule has 0 aromatic carbocycles. The highest BCUT2D eigenvalue weighted by atomic mass is 32.2. The lowest BCUT2D eigenvalue weighted by Gasteiger charge is -2.18. The highest BCUT2D eigenvalue weighted by Gasteiger charge is 2.20. The minimum atomic E-state index is 0.388. The van der Waals surface area contributed by atoms with Crippen molar-refractivity contribution in [1.29, 1.82) is 0 Å². The molecule has 14 heavy (non-hydrogen) atoms. The number of anilines is 1. The van der Waals surface area contributed by atoms with Gasteiger partial charge >= 0.3 is 0 Å². The molecule has 1 aromatic heterocycles. The Hall–Kier alpha value is -0.620. The number of carbonyl (C=O) groups excluding carboxylic acids is 1. The Morgan fingerprint density at radius 3 is 2.64 bits per heavy atom. The standard InChI is InChI=1S/C8H11N3OS2/c9-7-10-11-8(14-7)13-6-3-1-5(12)2-4-6/h6H,1-4H2,(H2,9,10). The smallest absolute Gasteiger partial charge is 0.203 e. The number of nitrogens with two attached hydrogens (primary N) is 1. The molecule has 1 saturated carbocycles. The topological polar surface area (TPSA) is 68.9 Å². The molecule has 1 fully saturated rings. The third kappa shape index (κ3) is 2.45. The van der Waals surface area contributed by atoms with Gasteiger partial charge in [0.05, 0.1) is 0 Å². The van der Waals surface area contributed by atoms with Crippen molar-refractivity contribution in [3.05, 3.63) is 0 Å². The third-order valence-corrected chi connectivity index (χ3v) is 4.35. The molecule has 2 rings (SSSR count). The first-order chi connectivity index (χ1) is 6.74. The van der Waals surface area contributed by atoms with Crippen LogP contribution in [-0.4, -0.2) is 21.2 Å². The summed E-state index contributed by atoms with van der Waals surface area (Å²) in [5, 5.41) is 8.73. The van der Waals surface area contributed by atoms with Crippen LogP contribution < -0.4 is 5.73 Å². The molecule has 0 atom stereocenters. The van der Waals surface area contributed by atoms with E-state index in [1.54, 1.807) is 11.8 Å². The van der Waals surface area contributed by atoms with Crippen LogP contribution in [0.1, 0.15) is 25.7 Å². The molecule has 1 heterocycles. The first-order valence-electron chi connectivity index (χ1n) is 4.51. The largest absolute Gasteiger partial charge is 0.374 e. The Labute approximate surface area is 90.3 Å². The summed E-state index contributed by atoms with van der Waals surface area (Å²) in [4.78, 5) is 11.0. The van der Waals surface area contributed by atoms with Crippen molar-refractivity contribution in [2.45, 2.75) is 35.3 Å².